The maximum absolute atomic E-state index is 9.87. The fraction of sp³-hybridized carbons (Fsp3) is 0.0556. The van der Waals surface area contributed by atoms with Gasteiger partial charge in [-0.2, -0.15) is 0 Å². The van der Waals surface area contributed by atoms with Crippen molar-refractivity contribution in [3.63, 3.8) is 0 Å². The average molecular weight is 306 g/mol. The van der Waals surface area contributed by atoms with Crippen molar-refractivity contribution >= 4 is 21.8 Å². The number of nitrogens with zero attached hydrogens (tertiary/aromatic N) is 1. The van der Waals surface area contributed by atoms with E-state index in [0.717, 1.165) is 22.0 Å². The number of aromatic nitrogens is 2. The zero-order valence-electron chi connectivity index (χ0n) is 12.4. The van der Waals surface area contributed by atoms with E-state index in [1.807, 2.05) is 30.5 Å². The number of phenolic OH excluding ortho intramolecular Hbond substituents is 1. The van der Waals surface area contributed by atoms with Gasteiger partial charge in [0.2, 0.25) is 0 Å². The molecule has 2 aromatic heterocycles. The van der Waals surface area contributed by atoms with Crippen molar-refractivity contribution in [3.8, 4) is 23.0 Å². The summed E-state index contributed by atoms with van der Waals surface area (Å²) in [6, 6.07) is 12.9. The molecule has 0 amide bonds. The predicted molar refractivity (Wildman–Crippen MR) is 88.3 cm³/mol. The molecule has 5 nitrogen and oxygen atoms in total. The standard InChI is InChI=1S/C18H14N2O3/c1-22-18-9-13-15(10-16(18)21)20-7-5-17(13)23-12-2-3-14-11(8-12)4-6-19-14/h2-10,19,21H,1H3. The first-order valence-electron chi connectivity index (χ1n) is 7.15. The second kappa shape index (κ2) is 5.21. The second-order valence-electron chi connectivity index (χ2n) is 5.18. The van der Waals surface area contributed by atoms with Crippen molar-refractivity contribution in [3.05, 3.63) is 54.9 Å². The Morgan fingerprint density at radius 3 is 2.83 bits per heavy atom. The van der Waals surface area contributed by atoms with Gasteiger partial charge in [-0.3, -0.25) is 4.98 Å². The first-order chi connectivity index (χ1) is 11.2. The van der Waals surface area contributed by atoms with E-state index in [0.29, 0.717) is 17.0 Å². The molecule has 23 heavy (non-hydrogen) atoms. The van der Waals surface area contributed by atoms with Gasteiger partial charge in [0.05, 0.1) is 12.6 Å². The number of aromatic amines is 1. The number of hydrogen-bond acceptors (Lipinski definition) is 4. The molecule has 2 N–H and O–H groups in total. The van der Waals surface area contributed by atoms with Gasteiger partial charge in [0.1, 0.15) is 11.5 Å². The van der Waals surface area contributed by atoms with E-state index in [4.69, 9.17) is 9.47 Å². The van der Waals surface area contributed by atoms with E-state index < -0.39 is 0 Å². The summed E-state index contributed by atoms with van der Waals surface area (Å²) in [5.41, 5.74) is 1.70. The number of H-pyrrole nitrogens is 1. The summed E-state index contributed by atoms with van der Waals surface area (Å²) in [5.74, 6) is 1.83. The lowest BCUT2D eigenvalue weighted by Crippen LogP contribution is -1.90. The molecular formula is C18H14N2O3. The molecule has 0 atom stereocenters. The number of phenols is 1. The van der Waals surface area contributed by atoms with Gasteiger partial charge < -0.3 is 19.6 Å². The number of fused-ring (bicyclic) bond motifs is 2. The Balaban J connectivity index is 1.81. The fourth-order valence-corrected chi connectivity index (χ4v) is 2.61. The number of ether oxygens (including phenoxy) is 2. The highest BCUT2D eigenvalue weighted by atomic mass is 16.5. The summed E-state index contributed by atoms with van der Waals surface area (Å²) in [6.45, 7) is 0. The van der Waals surface area contributed by atoms with Crippen molar-refractivity contribution < 1.29 is 14.6 Å². The van der Waals surface area contributed by atoms with Crippen molar-refractivity contribution in [2.45, 2.75) is 0 Å². The maximum Gasteiger partial charge on any atom is 0.161 e. The van der Waals surface area contributed by atoms with E-state index in [2.05, 4.69) is 9.97 Å². The largest absolute Gasteiger partial charge is 0.504 e. The molecule has 4 rings (SSSR count). The molecule has 2 aromatic carbocycles. The Hall–Kier alpha value is -3.21. The third-order valence-corrected chi connectivity index (χ3v) is 3.75. The van der Waals surface area contributed by atoms with Crippen LogP contribution >= 0.6 is 0 Å². The normalized spacial score (nSPS) is 11.0. The van der Waals surface area contributed by atoms with Gasteiger partial charge in [-0.1, -0.05) is 0 Å². The Morgan fingerprint density at radius 1 is 1.04 bits per heavy atom. The smallest absolute Gasteiger partial charge is 0.161 e. The number of methoxy groups -OCH3 is 1. The van der Waals surface area contributed by atoms with Gasteiger partial charge in [0.15, 0.2) is 11.5 Å². The minimum Gasteiger partial charge on any atom is -0.504 e. The van der Waals surface area contributed by atoms with E-state index in [1.165, 1.54) is 7.11 Å². The molecule has 0 aliphatic carbocycles. The minimum absolute atomic E-state index is 0.0541. The van der Waals surface area contributed by atoms with Crippen LogP contribution in [-0.4, -0.2) is 22.2 Å². The van der Waals surface area contributed by atoms with Crippen LogP contribution in [0.3, 0.4) is 0 Å². The lowest BCUT2D eigenvalue weighted by atomic mass is 10.2. The highest BCUT2D eigenvalue weighted by Gasteiger charge is 2.10. The third-order valence-electron chi connectivity index (χ3n) is 3.75. The molecule has 0 radical (unpaired) electrons. The molecule has 0 fully saturated rings. The number of nitrogens with one attached hydrogen (secondary N) is 1. The molecule has 0 saturated heterocycles. The molecule has 0 aliphatic heterocycles. The minimum atomic E-state index is 0.0541. The Bertz CT molecular complexity index is 1010. The Morgan fingerprint density at radius 2 is 1.96 bits per heavy atom. The van der Waals surface area contributed by atoms with Crippen LogP contribution in [0.5, 0.6) is 23.0 Å². The first kappa shape index (κ1) is 13.5. The molecular weight excluding hydrogens is 292 g/mol. The Labute approximate surface area is 132 Å². The SMILES string of the molecule is COc1cc2c(Oc3ccc4[nH]ccc4c3)ccnc2cc1O. The van der Waals surface area contributed by atoms with Crippen molar-refractivity contribution in [1.82, 2.24) is 9.97 Å². The summed E-state index contributed by atoms with van der Waals surface area (Å²) in [6.07, 6.45) is 3.54. The van der Waals surface area contributed by atoms with Crippen LogP contribution in [0.25, 0.3) is 21.8 Å². The van der Waals surface area contributed by atoms with Crippen LogP contribution in [0.2, 0.25) is 0 Å². The van der Waals surface area contributed by atoms with Gasteiger partial charge >= 0.3 is 0 Å². The summed E-state index contributed by atoms with van der Waals surface area (Å²) < 4.78 is 11.2. The fourth-order valence-electron chi connectivity index (χ4n) is 2.61. The molecule has 0 bridgehead atoms. The highest BCUT2D eigenvalue weighted by Crippen LogP contribution is 2.36. The van der Waals surface area contributed by atoms with Crippen molar-refractivity contribution in [2.24, 2.45) is 0 Å². The number of benzene rings is 2. The molecule has 2 heterocycles. The van der Waals surface area contributed by atoms with E-state index in [-0.39, 0.29) is 5.75 Å². The maximum atomic E-state index is 9.87. The summed E-state index contributed by atoms with van der Waals surface area (Å²) in [5, 5.41) is 11.7. The molecule has 114 valence electrons. The zero-order chi connectivity index (χ0) is 15.8. The lowest BCUT2D eigenvalue weighted by Gasteiger charge is -2.11. The zero-order valence-corrected chi connectivity index (χ0v) is 12.4. The molecule has 0 saturated carbocycles. The topological polar surface area (TPSA) is 67.4 Å². The molecule has 0 spiro atoms. The summed E-state index contributed by atoms with van der Waals surface area (Å²) in [4.78, 5) is 7.41. The Kier molecular flexibility index (Phi) is 3.05. The van der Waals surface area contributed by atoms with Crippen LogP contribution in [0, 0.1) is 0 Å². The van der Waals surface area contributed by atoms with E-state index >= 15 is 0 Å². The number of hydrogen-bond donors (Lipinski definition) is 2. The molecule has 4 aromatic rings. The van der Waals surface area contributed by atoms with Crippen LogP contribution in [0.1, 0.15) is 0 Å². The lowest BCUT2D eigenvalue weighted by molar-refractivity contribution is 0.374. The average Bonchev–Trinajstić information content (AvgIpc) is 3.02. The summed E-state index contributed by atoms with van der Waals surface area (Å²) >= 11 is 0. The number of pyridine rings is 1. The van der Waals surface area contributed by atoms with Gasteiger partial charge in [-0.15, -0.1) is 0 Å². The van der Waals surface area contributed by atoms with Crippen LogP contribution < -0.4 is 9.47 Å². The van der Waals surface area contributed by atoms with Gasteiger partial charge in [-0.05, 0) is 36.4 Å². The van der Waals surface area contributed by atoms with E-state index in [1.54, 1.807) is 24.4 Å². The van der Waals surface area contributed by atoms with Crippen LogP contribution in [0.4, 0.5) is 0 Å². The molecule has 0 unspecified atom stereocenters. The molecule has 5 heteroatoms. The second-order valence-corrected chi connectivity index (χ2v) is 5.18. The van der Waals surface area contributed by atoms with Crippen molar-refractivity contribution in [1.29, 1.82) is 0 Å². The third kappa shape index (κ3) is 2.32. The summed E-state index contributed by atoms with van der Waals surface area (Å²) in [7, 11) is 1.51. The van der Waals surface area contributed by atoms with Crippen LogP contribution in [0.15, 0.2) is 54.9 Å². The quantitative estimate of drug-likeness (QED) is 0.594. The monoisotopic (exact) mass is 306 g/mol. The highest BCUT2D eigenvalue weighted by molar-refractivity contribution is 5.88. The molecule has 0 aliphatic rings. The first-order valence-corrected chi connectivity index (χ1v) is 7.15. The van der Waals surface area contributed by atoms with Gasteiger partial charge in [-0.25, -0.2) is 0 Å². The van der Waals surface area contributed by atoms with Crippen LogP contribution in [-0.2, 0) is 0 Å². The number of aromatic hydroxyl groups is 1. The van der Waals surface area contributed by atoms with Gasteiger partial charge in [0, 0.05) is 34.7 Å². The van der Waals surface area contributed by atoms with Gasteiger partial charge in [0.25, 0.3) is 0 Å². The van der Waals surface area contributed by atoms with Crippen molar-refractivity contribution in [2.75, 3.05) is 7.11 Å². The number of rotatable bonds is 3. The predicted octanol–water partition coefficient (Wildman–Crippen LogP) is 4.22. The van der Waals surface area contributed by atoms with E-state index in [9.17, 15) is 5.11 Å².